The molecule has 0 atom stereocenters. The molecule has 0 saturated heterocycles. The van der Waals surface area contributed by atoms with Crippen LogP contribution in [0.2, 0.25) is 0 Å². The Hall–Kier alpha value is -2.44. The first-order chi connectivity index (χ1) is 20.4. The van der Waals surface area contributed by atoms with Crippen LogP contribution >= 0.6 is 0 Å². The molecule has 0 radical (unpaired) electrons. The van der Waals surface area contributed by atoms with E-state index in [9.17, 15) is 0 Å². The van der Waals surface area contributed by atoms with Crippen molar-refractivity contribution < 1.29 is 49.0 Å². The maximum atomic E-state index is 3.45. The van der Waals surface area contributed by atoms with Crippen LogP contribution in [0, 0.1) is 33.8 Å². The van der Waals surface area contributed by atoms with Gasteiger partial charge in [-0.2, -0.15) is 47.0 Å². The number of aryl methyl sites for hydroxylation is 5. The van der Waals surface area contributed by atoms with Gasteiger partial charge in [-0.1, -0.05) is 82.2 Å². The molecule has 0 unspecified atom stereocenters. The van der Waals surface area contributed by atoms with Gasteiger partial charge in [-0.15, -0.1) is 11.1 Å². The third-order valence-electron chi connectivity index (χ3n) is 7.99. The number of halogens is 2. The second-order valence-electron chi connectivity index (χ2n) is 13.0. The standard InChI is InChI=1S/C15H13.C15H14.C12H19.2ClH.Zr/c1-10-3-5-14-12(7-10)9-13-8-11(2)4-6-15(13)14;1-12-3-7-14(8-4-12)11-15-9-5-13(2)6-10-15;1-5-6-10-7-8-11(9-10)12(2,3)4;;;/h3-7H,9H2,1-2H3;3-10H,1-2H3;7-9H,5-6H2,1-4H3;2*1H;/q-1;;-1;;;+2/p-2. The van der Waals surface area contributed by atoms with Gasteiger partial charge in [0.15, 0.2) is 0 Å². The van der Waals surface area contributed by atoms with E-state index in [2.05, 4.69) is 159 Å². The summed E-state index contributed by atoms with van der Waals surface area (Å²) in [5.41, 5.74) is 16.7. The molecule has 6 rings (SSSR count). The second kappa shape index (κ2) is 17.5. The zero-order valence-electron chi connectivity index (χ0n) is 28.1. The van der Waals surface area contributed by atoms with E-state index < -0.39 is 0 Å². The Kier molecular flexibility index (Phi) is 15.0. The summed E-state index contributed by atoms with van der Waals surface area (Å²) in [6.07, 6.45) is 3.51. The molecule has 0 aliphatic heterocycles. The van der Waals surface area contributed by atoms with Crippen molar-refractivity contribution >= 4 is 3.21 Å². The summed E-state index contributed by atoms with van der Waals surface area (Å²) in [7, 11) is 0. The fourth-order valence-electron chi connectivity index (χ4n) is 5.38. The zero-order chi connectivity index (χ0) is 31.1. The van der Waals surface area contributed by atoms with Crippen molar-refractivity contribution in [3.8, 4) is 11.1 Å². The van der Waals surface area contributed by atoms with Crippen molar-refractivity contribution in [3.05, 3.63) is 159 Å². The molecule has 0 fully saturated rings. The summed E-state index contributed by atoms with van der Waals surface area (Å²) in [6, 6.07) is 38.9. The van der Waals surface area contributed by atoms with Crippen LogP contribution in [0.3, 0.4) is 0 Å². The van der Waals surface area contributed by atoms with Crippen molar-refractivity contribution in [2.75, 3.05) is 0 Å². The van der Waals surface area contributed by atoms with Crippen molar-refractivity contribution in [1.82, 2.24) is 0 Å². The van der Waals surface area contributed by atoms with E-state index in [0.717, 1.165) is 6.42 Å². The van der Waals surface area contributed by atoms with Gasteiger partial charge in [0, 0.05) is 0 Å². The van der Waals surface area contributed by atoms with Gasteiger partial charge in [0.2, 0.25) is 0 Å². The van der Waals surface area contributed by atoms with Crippen molar-refractivity contribution in [1.29, 1.82) is 0 Å². The first-order valence-electron chi connectivity index (χ1n) is 15.5. The quantitative estimate of drug-likeness (QED) is 0.232. The summed E-state index contributed by atoms with van der Waals surface area (Å²) >= 11 is 1.46. The van der Waals surface area contributed by atoms with E-state index in [1.54, 1.807) is 0 Å². The summed E-state index contributed by atoms with van der Waals surface area (Å²) < 4.78 is 1.42. The SMILES string of the molecule is CCCc1cc(C(C)(C)C)c[cH-]1.Cc1[c-]c2c(cc1)-c1ccc(C)cc1C2.Cc1ccc([C](=[Zr+2])c2ccc(C)cc2)cc1.[Cl-].[Cl-]. The Morgan fingerprint density at radius 3 is 1.78 bits per heavy atom. The topological polar surface area (TPSA) is 0 Å². The number of hydrogen-bond acceptors (Lipinski definition) is 0. The van der Waals surface area contributed by atoms with Crippen LogP contribution in [0.15, 0.2) is 97.1 Å². The normalized spacial score (nSPS) is 11.0. The fourth-order valence-corrected chi connectivity index (χ4v) is 6.20. The maximum Gasteiger partial charge on any atom is -1.00 e. The Morgan fingerprint density at radius 1 is 0.733 bits per heavy atom. The molecule has 234 valence electrons. The van der Waals surface area contributed by atoms with Gasteiger partial charge >= 0.3 is 112 Å². The first kappa shape index (κ1) is 38.7. The van der Waals surface area contributed by atoms with Crippen LogP contribution in [-0.2, 0) is 42.5 Å². The van der Waals surface area contributed by atoms with E-state index in [4.69, 9.17) is 0 Å². The third-order valence-corrected chi connectivity index (χ3v) is 9.41. The summed E-state index contributed by atoms with van der Waals surface area (Å²) in [4.78, 5) is 0. The minimum Gasteiger partial charge on any atom is -1.00 e. The molecule has 0 spiro atoms. The molecule has 0 N–H and O–H groups in total. The van der Waals surface area contributed by atoms with E-state index in [1.165, 1.54) is 107 Å². The fraction of sp³-hybridized carbons (Fsp3) is 0.286. The van der Waals surface area contributed by atoms with Crippen LogP contribution in [0.25, 0.3) is 11.1 Å². The molecule has 45 heavy (non-hydrogen) atoms. The average Bonchev–Trinajstić information content (AvgIpc) is 3.58. The van der Waals surface area contributed by atoms with Crippen molar-refractivity contribution in [2.24, 2.45) is 0 Å². The molecule has 1 aliphatic rings. The minimum atomic E-state index is 0. The zero-order valence-corrected chi connectivity index (χ0v) is 32.1. The molecule has 0 amide bonds. The molecule has 1 aliphatic carbocycles. The molecule has 5 aromatic carbocycles. The van der Waals surface area contributed by atoms with Crippen molar-refractivity contribution in [2.45, 2.75) is 80.1 Å². The molecule has 0 saturated carbocycles. The van der Waals surface area contributed by atoms with Gasteiger partial charge in [-0.05, 0) is 18.9 Å². The predicted molar refractivity (Wildman–Crippen MR) is 183 cm³/mol. The summed E-state index contributed by atoms with van der Waals surface area (Å²) in [6.45, 7) is 17.5. The third kappa shape index (κ3) is 10.8. The number of hydrogen-bond donors (Lipinski definition) is 0. The second-order valence-corrected chi connectivity index (χ2v) is 14.2. The molecule has 0 aromatic heterocycles. The number of rotatable bonds is 4. The largest absolute Gasteiger partial charge is 1.00 e. The smallest absolute Gasteiger partial charge is 1.00 e. The van der Waals surface area contributed by atoms with Gasteiger partial charge in [0.25, 0.3) is 0 Å². The van der Waals surface area contributed by atoms with Gasteiger partial charge in [0.1, 0.15) is 0 Å². The van der Waals surface area contributed by atoms with E-state index in [-0.39, 0.29) is 24.8 Å². The molecular formula is C42H46Cl2Zr-2. The Bertz CT molecular complexity index is 1570. The van der Waals surface area contributed by atoms with Crippen molar-refractivity contribution in [3.63, 3.8) is 0 Å². The summed E-state index contributed by atoms with van der Waals surface area (Å²) in [5, 5.41) is 0. The molecule has 0 nitrogen and oxygen atoms in total. The van der Waals surface area contributed by atoms with Gasteiger partial charge < -0.3 is 24.8 Å². The first-order valence-corrected chi connectivity index (χ1v) is 16.8. The average molecular weight is 713 g/mol. The predicted octanol–water partition coefficient (Wildman–Crippen LogP) is 4.76. The van der Waals surface area contributed by atoms with Crippen LogP contribution in [0.1, 0.15) is 89.8 Å². The summed E-state index contributed by atoms with van der Waals surface area (Å²) in [5.74, 6) is 0. The Balaban J connectivity index is 0.000000233. The van der Waals surface area contributed by atoms with Crippen LogP contribution in [0.5, 0.6) is 0 Å². The molecular weight excluding hydrogens is 667 g/mol. The number of fused-ring (bicyclic) bond motifs is 3. The molecule has 0 bridgehead atoms. The van der Waals surface area contributed by atoms with Crippen LogP contribution in [-0.4, -0.2) is 3.21 Å². The maximum absolute atomic E-state index is 3.45. The molecule has 3 heteroatoms. The van der Waals surface area contributed by atoms with E-state index in [1.807, 2.05) is 0 Å². The van der Waals surface area contributed by atoms with Crippen LogP contribution in [0.4, 0.5) is 0 Å². The monoisotopic (exact) mass is 710 g/mol. The Morgan fingerprint density at radius 2 is 1.27 bits per heavy atom. The van der Waals surface area contributed by atoms with E-state index in [0.29, 0.717) is 5.41 Å². The van der Waals surface area contributed by atoms with Gasteiger partial charge in [0.05, 0.1) is 0 Å². The van der Waals surface area contributed by atoms with Gasteiger partial charge in [-0.25, -0.2) is 6.07 Å². The van der Waals surface area contributed by atoms with Crippen LogP contribution < -0.4 is 24.8 Å². The van der Waals surface area contributed by atoms with E-state index >= 15 is 0 Å². The Labute approximate surface area is 300 Å². The number of benzene rings is 4. The minimum absolute atomic E-state index is 0. The molecule has 5 aromatic rings. The molecule has 0 heterocycles. The van der Waals surface area contributed by atoms with Gasteiger partial charge in [-0.3, -0.25) is 0 Å².